The summed E-state index contributed by atoms with van der Waals surface area (Å²) in [7, 11) is 1.29. The van der Waals surface area contributed by atoms with Gasteiger partial charge in [-0.3, -0.25) is 0 Å². The van der Waals surface area contributed by atoms with Crippen LogP contribution in [-0.4, -0.2) is 28.2 Å². The van der Waals surface area contributed by atoms with Crippen molar-refractivity contribution in [2.24, 2.45) is 0 Å². The first kappa shape index (κ1) is 11.1. The molecule has 1 aromatic carbocycles. The van der Waals surface area contributed by atoms with Gasteiger partial charge in [0.05, 0.1) is 13.3 Å². The van der Waals surface area contributed by atoms with Crippen LogP contribution in [0.5, 0.6) is 0 Å². The van der Waals surface area contributed by atoms with E-state index >= 15 is 0 Å². The maximum absolute atomic E-state index is 11.3. The normalized spacial score (nSPS) is 9.94. The summed E-state index contributed by atoms with van der Waals surface area (Å²) < 4.78 is 4.57. The molecule has 1 aromatic heterocycles. The number of hydrogen-bond donors (Lipinski definition) is 0. The lowest BCUT2D eigenvalue weighted by atomic mass is 10.2. The van der Waals surface area contributed by atoms with Crippen molar-refractivity contribution in [2.45, 2.75) is 6.61 Å². The van der Waals surface area contributed by atoms with E-state index in [2.05, 4.69) is 15.0 Å². The third kappa shape index (κ3) is 2.60. The second-order valence-electron chi connectivity index (χ2n) is 3.24. The van der Waals surface area contributed by atoms with Crippen molar-refractivity contribution in [1.29, 1.82) is 0 Å². The predicted octanol–water partition coefficient (Wildman–Crippen LogP) is 0.693. The lowest BCUT2D eigenvalue weighted by molar-refractivity contribution is 0.0389. The van der Waals surface area contributed by atoms with Gasteiger partial charge in [-0.1, -0.05) is 35.2 Å². The monoisotopic (exact) mass is 233 g/mol. The summed E-state index contributed by atoms with van der Waals surface area (Å²) >= 11 is 0. The summed E-state index contributed by atoms with van der Waals surface area (Å²) in [6, 6.07) is 9.55. The third-order valence-electron chi connectivity index (χ3n) is 2.11. The molecule has 0 unspecified atom stereocenters. The van der Waals surface area contributed by atoms with Crippen LogP contribution in [0.2, 0.25) is 0 Å². The molecule has 6 heteroatoms. The fourth-order valence-corrected chi connectivity index (χ4v) is 1.27. The van der Waals surface area contributed by atoms with E-state index in [4.69, 9.17) is 4.84 Å². The third-order valence-corrected chi connectivity index (χ3v) is 2.11. The molecule has 0 fully saturated rings. The van der Waals surface area contributed by atoms with E-state index in [0.29, 0.717) is 6.61 Å². The standard InChI is InChI=1S/C11H11N3O3/c1-16-11(15)10-7-12-13-14(10)17-8-9-5-3-2-4-6-9/h2-7H,8H2,1H3. The minimum absolute atomic E-state index is 0.156. The summed E-state index contributed by atoms with van der Waals surface area (Å²) in [4.78, 5) is 17.7. The maximum Gasteiger partial charge on any atom is 0.361 e. The molecule has 0 saturated heterocycles. The molecule has 0 radical (unpaired) electrons. The van der Waals surface area contributed by atoms with Crippen molar-refractivity contribution in [3.05, 3.63) is 47.8 Å². The molecule has 0 aliphatic rings. The van der Waals surface area contributed by atoms with Gasteiger partial charge < -0.3 is 9.57 Å². The number of benzene rings is 1. The predicted molar refractivity (Wildman–Crippen MR) is 58.1 cm³/mol. The van der Waals surface area contributed by atoms with Gasteiger partial charge >= 0.3 is 5.97 Å². The largest absolute Gasteiger partial charge is 0.464 e. The maximum atomic E-state index is 11.3. The quantitative estimate of drug-likeness (QED) is 0.727. The van der Waals surface area contributed by atoms with Gasteiger partial charge in [-0.25, -0.2) is 4.79 Å². The van der Waals surface area contributed by atoms with Crippen molar-refractivity contribution < 1.29 is 14.4 Å². The van der Waals surface area contributed by atoms with E-state index in [1.807, 2.05) is 30.3 Å². The number of carbonyl (C=O) groups excluding carboxylic acids is 1. The molecular weight excluding hydrogens is 222 g/mol. The Kier molecular flexibility index (Phi) is 3.34. The topological polar surface area (TPSA) is 66.2 Å². The summed E-state index contributed by atoms with van der Waals surface area (Å²) in [6.07, 6.45) is 1.29. The Labute approximate surface area is 97.7 Å². The molecule has 0 saturated carbocycles. The number of methoxy groups -OCH3 is 1. The lowest BCUT2D eigenvalue weighted by Crippen LogP contribution is -2.19. The molecule has 2 rings (SSSR count). The van der Waals surface area contributed by atoms with Gasteiger partial charge in [0.15, 0.2) is 0 Å². The number of ether oxygens (including phenoxy) is 1. The van der Waals surface area contributed by atoms with Gasteiger partial charge in [0.25, 0.3) is 0 Å². The fourth-order valence-electron chi connectivity index (χ4n) is 1.27. The average molecular weight is 233 g/mol. The Hall–Kier alpha value is -2.37. The minimum Gasteiger partial charge on any atom is -0.464 e. The van der Waals surface area contributed by atoms with Crippen LogP contribution in [0.4, 0.5) is 0 Å². The first-order valence-corrected chi connectivity index (χ1v) is 4.97. The SMILES string of the molecule is COC(=O)c1cnnn1OCc1ccccc1. The molecular formula is C11H11N3O3. The number of nitrogens with zero attached hydrogens (tertiary/aromatic N) is 3. The highest BCUT2D eigenvalue weighted by atomic mass is 16.7. The second kappa shape index (κ2) is 5.11. The van der Waals surface area contributed by atoms with Crippen molar-refractivity contribution >= 4 is 5.97 Å². The molecule has 0 bridgehead atoms. The van der Waals surface area contributed by atoms with Crippen molar-refractivity contribution in [1.82, 2.24) is 15.2 Å². The van der Waals surface area contributed by atoms with Crippen LogP contribution in [0.15, 0.2) is 36.5 Å². The van der Waals surface area contributed by atoms with E-state index in [9.17, 15) is 4.79 Å². The van der Waals surface area contributed by atoms with Crippen LogP contribution in [-0.2, 0) is 11.3 Å². The summed E-state index contributed by atoms with van der Waals surface area (Å²) in [5.74, 6) is -0.539. The van der Waals surface area contributed by atoms with E-state index < -0.39 is 5.97 Å². The van der Waals surface area contributed by atoms with E-state index in [-0.39, 0.29) is 5.69 Å². The molecule has 2 aromatic rings. The Morgan fingerprint density at radius 1 is 1.35 bits per heavy atom. The van der Waals surface area contributed by atoms with Crippen molar-refractivity contribution in [3.8, 4) is 0 Å². The molecule has 6 nitrogen and oxygen atoms in total. The molecule has 0 spiro atoms. The van der Waals surface area contributed by atoms with Gasteiger partial charge in [0.2, 0.25) is 5.69 Å². The molecule has 0 aliphatic heterocycles. The van der Waals surface area contributed by atoms with E-state index in [0.717, 1.165) is 10.4 Å². The van der Waals surface area contributed by atoms with Crippen molar-refractivity contribution in [2.75, 3.05) is 7.11 Å². The number of hydrogen-bond acceptors (Lipinski definition) is 5. The number of esters is 1. The lowest BCUT2D eigenvalue weighted by Gasteiger charge is -2.06. The summed E-state index contributed by atoms with van der Waals surface area (Å²) in [6.45, 7) is 0.300. The number of aromatic nitrogens is 3. The zero-order valence-electron chi connectivity index (χ0n) is 9.24. The van der Waals surface area contributed by atoms with Crippen LogP contribution in [0.25, 0.3) is 0 Å². The molecule has 0 atom stereocenters. The smallest absolute Gasteiger partial charge is 0.361 e. The second-order valence-corrected chi connectivity index (χ2v) is 3.24. The van der Waals surface area contributed by atoms with Gasteiger partial charge in [0, 0.05) is 0 Å². The average Bonchev–Trinajstić information content (AvgIpc) is 2.85. The summed E-state index contributed by atoms with van der Waals surface area (Å²) in [5, 5.41) is 7.23. The van der Waals surface area contributed by atoms with Crippen LogP contribution >= 0.6 is 0 Å². The van der Waals surface area contributed by atoms with Gasteiger partial charge in [0.1, 0.15) is 6.61 Å². The Morgan fingerprint density at radius 3 is 2.82 bits per heavy atom. The zero-order chi connectivity index (χ0) is 12.1. The fraction of sp³-hybridized carbons (Fsp3) is 0.182. The molecule has 0 N–H and O–H groups in total. The Bertz CT molecular complexity index is 496. The van der Waals surface area contributed by atoms with Crippen LogP contribution in [0, 0.1) is 0 Å². The van der Waals surface area contributed by atoms with Gasteiger partial charge in [-0.05, 0) is 10.8 Å². The van der Waals surface area contributed by atoms with E-state index in [1.165, 1.54) is 13.3 Å². The molecule has 1 heterocycles. The number of carbonyl (C=O) groups is 1. The first-order chi connectivity index (χ1) is 8.31. The van der Waals surface area contributed by atoms with Crippen LogP contribution in [0.3, 0.4) is 0 Å². The Balaban J connectivity index is 2.05. The van der Waals surface area contributed by atoms with Crippen molar-refractivity contribution in [3.63, 3.8) is 0 Å². The Morgan fingerprint density at radius 2 is 2.12 bits per heavy atom. The van der Waals surface area contributed by atoms with Gasteiger partial charge in [-0.2, -0.15) is 0 Å². The highest BCUT2D eigenvalue weighted by molar-refractivity contribution is 5.86. The number of rotatable bonds is 4. The molecule has 0 amide bonds. The highest BCUT2D eigenvalue weighted by Gasteiger charge is 2.14. The van der Waals surface area contributed by atoms with Crippen LogP contribution < -0.4 is 4.84 Å². The first-order valence-electron chi connectivity index (χ1n) is 4.97. The molecule has 17 heavy (non-hydrogen) atoms. The minimum atomic E-state index is -0.539. The van der Waals surface area contributed by atoms with Crippen LogP contribution in [0.1, 0.15) is 16.1 Å². The molecule has 88 valence electrons. The van der Waals surface area contributed by atoms with Gasteiger partial charge in [-0.15, -0.1) is 5.10 Å². The summed E-state index contributed by atoms with van der Waals surface area (Å²) in [5.41, 5.74) is 1.13. The molecule has 0 aliphatic carbocycles. The zero-order valence-corrected chi connectivity index (χ0v) is 9.24. The van der Waals surface area contributed by atoms with E-state index in [1.54, 1.807) is 0 Å². The highest BCUT2D eigenvalue weighted by Crippen LogP contribution is 2.01.